The third-order valence-electron chi connectivity index (χ3n) is 5.27. The van der Waals surface area contributed by atoms with Gasteiger partial charge in [-0.1, -0.05) is 29.5 Å². The Morgan fingerprint density at radius 3 is 2.62 bits per heavy atom. The molecule has 138 valence electrons. The lowest BCUT2D eigenvalue weighted by atomic mass is 9.85. The summed E-state index contributed by atoms with van der Waals surface area (Å²) in [6, 6.07) is 12.6. The normalized spacial score (nSPS) is 20.3. The summed E-state index contributed by atoms with van der Waals surface area (Å²) < 4.78 is 6.01. The molecule has 0 unspecified atom stereocenters. The number of carbonyl (C=O) groups excluding carboxylic acids is 1. The molecule has 2 aromatic rings. The topological polar surface area (TPSA) is 57.5 Å². The third-order valence-corrected chi connectivity index (χ3v) is 6.20. The van der Waals surface area contributed by atoms with E-state index in [2.05, 4.69) is 52.8 Å². The Morgan fingerprint density at radius 1 is 1.12 bits per heavy atom. The lowest BCUT2D eigenvalue weighted by Crippen LogP contribution is -2.66. The van der Waals surface area contributed by atoms with Crippen molar-refractivity contribution in [1.82, 2.24) is 15.5 Å². The number of piperidine rings is 1. The molecule has 0 saturated carbocycles. The van der Waals surface area contributed by atoms with Gasteiger partial charge in [0.05, 0.1) is 6.54 Å². The Balaban J connectivity index is 1.32. The summed E-state index contributed by atoms with van der Waals surface area (Å²) in [4.78, 5) is 15.8. The number of hydrogen-bond donors (Lipinski definition) is 2. The highest BCUT2D eigenvalue weighted by Crippen LogP contribution is 2.30. The van der Waals surface area contributed by atoms with Gasteiger partial charge in [0.1, 0.15) is 11.3 Å². The van der Waals surface area contributed by atoms with Crippen molar-refractivity contribution in [2.24, 2.45) is 0 Å². The largest absolute Gasteiger partial charge is 0.453 e. The van der Waals surface area contributed by atoms with E-state index in [1.165, 1.54) is 10.5 Å². The summed E-state index contributed by atoms with van der Waals surface area (Å²) in [6.07, 6.45) is 1.70. The molecule has 0 radical (unpaired) electrons. The monoisotopic (exact) mass is 371 g/mol. The maximum Gasteiger partial charge on any atom is 0.240 e. The fourth-order valence-electron chi connectivity index (χ4n) is 3.66. The molecule has 2 aliphatic heterocycles. The lowest BCUT2D eigenvalue weighted by molar-refractivity contribution is -0.131. The van der Waals surface area contributed by atoms with Crippen LogP contribution in [0.5, 0.6) is 0 Å². The fourth-order valence-corrected chi connectivity index (χ4v) is 4.45. The molecule has 1 aromatic carbocycles. The highest BCUT2D eigenvalue weighted by Gasteiger charge is 2.42. The first-order valence-corrected chi connectivity index (χ1v) is 10.0. The molecule has 26 heavy (non-hydrogen) atoms. The van der Waals surface area contributed by atoms with Crippen LogP contribution in [0.3, 0.4) is 0 Å². The number of benzene rings is 1. The lowest BCUT2D eigenvalue weighted by Gasteiger charge is -2.43. The number of carbonyl (C=O) groups is 1. The predicted molar refractivity (Wildman–Crippen MR) is 102 cm³/mol. The van der Waals surface area contributed by atoms with E-state index in [0.717, 1.165) is 56.4 Å². The van der Waals surface area contributed by atoms with Crippen LogP contribution in [0.25, 0.3) is 0 Å². The van der Waals surface area contributed by atoms with Crippen LogP contribution in [0.15, 0.2) is 50.8 Å². The van der Waals surface area contributed by atoms with Gasteiger partial charge in [-0.05, 0) is 44.0 Å². The van der Waals surface area contributed by atoms with Gasteiger partial charge in [0, 0.05) is 31.1 Å². The van der Waals surface area contributed by atoms with Crippen molar-refractivity contribution in [2.45, 2.75) is 41.8 Å². The van der Waals surface area contributed by atoms with Gasteiger partial charge in [-0.15, -0.1) is 0 Å². The average Bonchev–Trinajstić information content (AvgIpc) is 3.08. The Bertz CT molecular complexity index is 764. The molecule has 6 heteroatoms. The second-order valence-corrected chi connectivity index (χ2v) is 8.25. The number of rotatable bonds is 4. The average molecular weight is 372 g/mol. The molecule has 5 nitrogen and oxygen atoms in total. The van der Waals surface area contributed by atoms with Crippen molar-refractivity contribution in [1.29, 1.82) is 0 Å². The quantitative estimate of drug-likeness (QED) is 0.866. The van der Waals surface area contributed by atoms with E-state index >= 15 is 0 Å². The van der Waals surface area contributed by atoms with Crippen LogP contribution in [0.4, 0.5) is 0 Å². The van der Waals surface area contributed by atoms with E-state index in [4.69, 9.17) is 4.42 Å². The molecular weight excluding hydrogens is 346 g/mol. The Kier molecular flexibility index (Phi) is 5.07. The van der Waals surface area contributed by atoms with E-state index in [1.54, 1.807) is 11.8 Å². The van der Waals surface area contributed by atoms with Crippen molar-refractivity contribution in [3.8, 4) is 0 Å². The van der Waals surface area contributed by atoms with Crippen LogP contribution in [-0.4, -0.2) is 42.5 Å². The summed E-state index contributed by atoms with van der Waals surface area (Å²) in [6.45, 7) is 6.30. The van der Waals surface area contributed by atoms with Gasteiger partial charge in [-0.2, -0.15) is 0 Å². The van der Waals surface area contributed by atoms with Crippen molar-refractivity contribution in [3.05, 3.63) is 47.7 Å². The first kappa shape index (κ1) is 17.6. The number of nitrogens with zero attached hydrogens (tertiary/aromatic N) is 1. The Hall–Kier alpha value is -1.76. The fraction of sp³-hybridized carbons (Fsp3) is 0.450. The molecule has 1 amide bonds. The van der Waals surface area contributed by atoms with Crippen LogP contribution in [0, 0.1) is 6.92 Å². The first-order valence-electron chi connectivity index (χ1n) is 9.22. The molecule has 2 N–H and O–H groups in total. The zero-order valence-corrected chi connectivity index (χ0v) is 15.9. The summed E-state index contributed by atoms with van der Waals surface area (Å²) >= 11 is 1.65. The maximum atomic E-state index is 12.2. The summed E-state index contributed by atoms with van der Waals surface area (Å²) in [5.41, 5.74) is 0.906. The zero-order valence-electron chi connectivity index (χ0n) is 15.1. The van der Waals surface area contributed by atoms with Crippen LogP contribution in [0.1, 0.15) is 24.2 Å². The molecule has 2 fully saturated rings. The summed E-state index contributed by atoms with van der Waals surface area (Å²) in [5, 5.41) is 7.36. The van der Waals surface area contributed by atoms with E-state index in [1.807, 2.05) is 6.07 Å². The second kappa shape index (κ2) is 7.47. The number of aryl methyl sites for hydroxylation is 1. The second-order valence-electron chi connectivity index (χ2n) is 7.18. The Labute approximate surface area is 158 Å². The van der Waals surface area contributed by atoms with Crippen LogP contribution < -0.4 is 10.6 Å². The minimum atomic E-state index is -0.357. The van der Waals surface area contributed by atoms with E-state index < -0.39 is 0 Å². The summed E-state index contributed by atoms with van der Waals surface area (Å²) in [5.74, 6) is 1.15. The number of hydrogen-bond acceptors (Lipinski definition) is 5. The summed E-state index contributed by atoms with van der Waals surface area (Å²) in [7, 11) is 0. The van der Waals surface area contributed by atoms with Crippen molar-refractivity contribution >= 4 is 17.7 Å². The van der Waals surface area contributed by atoms with Gasteiger partial charge in [0.15, 0.2) is 5.09 Å². The van der Waals surface area contributed by atoms with Gasteiger partial charge < -0.3 is 15.1 Å². The highest BCUT2D eigenvalue weighted by atomic mass is 32.2. The molecule has 2 aliphatic rings. The Morgan fingerprint density at radius 2 is 1.88 bits per heavy atom. The molecule has 0 bridgehead atoms. The standard InChI is InChI=1S/C20H25N3O2S/c1-15-2-5-17(6-3-15)26-18-7-4-16(25-18)14-23-12-8-20(9-13-23)19(24)21-10-11-22-20/h2-7,22H,8-14H2,1H3,(H,21,24). The number of likely N-dealkylation sites (tertiary alicyclic amines) is 1. The van der Waals surface area contributed by atoms with E-state index in [0.29, 0.717) is 0 Å². The van der Waals surface area contributed by atoms with Crippen LogP contribution in [0.2, 0.25) is 0 Å². The van der Waals surface area contributed by atoms with E-state index in [9.17, 15) is 4.79 Å². The van der Waals surface area contributed by atoms with Crippen LogP contribution >= 0.6 is 11.8 Å². The van der Waals surface area contributed by atoms with Gasteiger partial charge in [-0.25, -0.2) is 0 Å². The van der Waals surface area contributed by atoms with Crippen molar-refractivity contribution in [3.63, 3.8) is 0 Å². The molecule has 3 heterocycles. The molecule has 1 aromatic heterocycles. The molecule has 0 aliphatic carbocycles. The van der Waals surface area contributed by atoms with Crippen molar-refractivity contribution < 1.29 is 9.21 Å². The molecule has 1 spiro atoms. The smallest absolute Gasteiger partial charge is 0.240 e. The predicted octanol–water partition coefficient (Wildman–Crippen LogP) is 2.79. The highest BCUT2D eigenvalue weighted by molar-refractivity contribution is 7.99. The minimum Gasteiger partial charge on any atom is -0.453 e. The first-order chi connectivity index (χ1) is 12.6. The van der Waals surface area contributed by atoms with Gasteiger partial charge >= 0.3 is 0 Å². The number of piperazine rings is 1. The number of nitrogens with one attached hydrogen (secondary N) is 2. The SMILES string of the molecule is Cc1ccc(Sc2ccc(CN3CCC4(CC3)NCCNC4=O)o2)cc1. The third kappa shape index (κ3) is 3.82. The minimum absolute atomic E-state index is 0.165. The molecular formula is C20H25N3O2S. The van der Waals surface area contributed by atoms with Gasteiger partial charge in [0.25, 0.3) is 0 Å². The molecule has 0 atom stereocenters. The maximum absolute atomic E-state index is 12.2. The number of amides is 1. The van der Waals surface area contributed by atoms with Gasteiger partial charge in [0.2, 0.25) is 5.91 Å². The van der Waals surface area contributed by atoms with Crippen LogP contribution in [-0.2, 0) is 11.3 Å². The van der Waals surface area contributed by atoms with Crippen molar-refractivity contribution in [2.75, 3.05) is 26.2 Å². The molecule has 2 saturated heterocycles. The number of furan rings is 1. The molecule has 4 rings (SSSR count). The van der Waals surface area contributed by atoms with E-state index in [-0.39, 0.29) is 11.4 Å². The van der Waals surface area contributed by atoms with Gasteiger partial charge in [-0.3, -0.25) is 9.69 Å². The zero-order chi connectivity index (χ0) is 18.0.